The van der Waals surface area contributed by atoms with Crippen molar-refractivity contribution < 1.29 is 17.6 Å². The number of nitrogens with one attached hydrogen (secondary N) is 2. The lowest BCUT2D eigenvalue weighted by atomic mass is 10.1. The second kappa shape index (κ2) is 8.44. The molecule has 0 aliphatic heterocycles. The van der Waals surface area contributed by atoms with E-state index in [-0.39, 0.29) is 16.6 Å². The Balaban J connectivity index is 1.46. The first-order valence-electron chi connectivity index (χ1n) is 10.1. The zero-order valence-corrected chi connectivity index (χ0v) is 19.3. The number of H-pyrrole nitrogens is 1. The van der Waals surface area contributed by atoms with E-state index in [2.05, 4.69) is 20.3 Å². The molecule has 0 bridgehead atoms. The highest BCUT2D eigenvalue weighted by atomic mass is 35.5. The summed E-state index contributed by atoms with van der Waals surface area (Å²) < 4.78 is 28.5. The molecule has 34 heavy (non-hydrogen) atoms. The van der Waals surface area contributed by atoms with Crippen LogP contribution in [0, 0.1) is 0 Å². The van der Waals surface area contributed by atoms with Crippen molar-refractivity contribution in [2.24, 2.45) is 0 Å². The van der Waals surface area contributed by atoms with Gasteiger partial charge in [-0.3, -0.25) is 4.79 Å². The van der Waals surface area contributed by atoms with E-state index in [0.717, 1.165) is 11.1 Å². The normalized spacial score (nSPS) is 11.6. The number of amides is 1. The molecule has 0 spiro atoms. The zero-order valence-electron chi connectivity index (χ0n) is 17.7. The van der Waals surface area contributed by atoms with Crippen LogP contribution in [-0.2, 0) is 9.84 Å². The number of carbonyl (C=O) groups is 1. The average Bonchev–Trinajstić information content (AvgIpc) is 3.49. The maximum atomic E-state index is 12.3. The van der Waals surface area contributed by atoms with Gasteiger partial charge in [0.15, 0.2) is 21.2 Å². The molecule has 2 aromatic carbocycles. The number of hydrogen-bond acceptors (Lipinski definition) is 6. The molecule has 170 valence electrons. The zero-order chi connectivity index (χ0) is 23.9. The predicted octanol–water partition coefficient (Wildman–Crippen LogP) is 5.19. The van der Waals surface area contributed by atoms with Crippen molar-refractivity contribution >= 4 is 44.2 Å². The summed E-state index contributed by atoms with van der Waals surface area (Å²) >= 11 is 6.41. The Bertz CT molecular complexity index is 1630. The van der Waals surface area contributed by atoms with Gasteiger partial charge < -0.3 is 14.7 Å². The van der Waals surface area contributed by atoms with E-state index in [9.17, 15) is 13.2 Å². The lowest BCUT2D eigenvalue weighted by Gasteiger charge is -2.07. The van der Waals surface area contributed by atoms with Gasteiger partial charge in [-0.2, -0.15) is 0 Å². The lowest BCUT2D eigenvalue weighted by Crippen LogP contribution is -2.10. The minimum Gasteiger partial charge on any atom is -0.459 e. The Morgan fingerprint density at radius 2 is 1.85 bits per heavy atom. The van der Waals surface area contributed by atoms with Crippen molar-refractivity contribution in [2.75, 3.05) is 11.6 Å². The number of carbonyl (C=O) groups excluding carboxylic acids is 1. The molecule has 0 unspecified atom stereocenters. The number of hydrogen-bond donors (Lipinski definition) is 2. The number of rotatable bonds is 5. The van der Waals surface area contributed by atoms with Crippen molar-refractivity contribution in [3.8, 4) is 22.5 Å². The minimum absolute atomic E-state index is 0.196. The number of benzene rings is 2. The van der Waals surface area contributed by atoms with E-state index in [4.69, 9.17) is 16.0 Å². The number of halogens is 1. The molecule has 0 saturated heterocycles. The first-order chi connectivity index (χ1) is 16.3. The SMILES string of the molecule is CS(=O)(=O)c1ccc(-c2cnc3nc(-c4cc(NC(=O)c5ccco5)ccc4Cl)[nH]c3c2)cc1. The summed E-state index contributed by atoms with van der Waals surface area (Å²) in [5.41, 5.74) is 3.91. The van der Waals surface area contributed by atoms with E-state index in [1.165, 1.54) is 12.5 Å². The third kappa shape index (κ3) is 4.30. The number of anilines is 1. The van der Waals surface area contributed by atoms with E-state index >= 15 is 0 Å². The molecule has 0 fully saturated rings. The molecule has 2 N–H and O–H groups in total. The molecule has 5 aromatic rings. The lowest BCUT2D eigenvalue weighted by molar-refractivity contribution is 0.0996. The maximum absolute atomic E-state index is 12.3. The van der Waals surface area contributed by atoms with E-state index in [1.54, 1.807) is 60.8 Å². The Hall–Kier alpha value is -3.95. The molecular formula is C24H17ClN4O4S. The molecule has 0 atom stereocenters. The van der Waals surface area contributed by atoms with Crippen LogP contribution in [0.1, 0.15) is 10.6 Å². The fourth-order valence-electron chi connectivity index (χ4n) is 3.47. The molecule has 10 heteroatoms. The van der Waals surface area contributed by atoms with Gasteiger partial charge in [0, 0.05) is 29.3 Å². The van der Waals surface area contributed by atoms with Crippen LogP contribution in [0.2, 0.25) is 5.02 Å². The van der Waals surface area contributed by atoms with Crippen LogP contribution in [0.5, 0.6) is 0 Å². The van der Waals surface area contributed by atoms with Gasteiger partial charge in [0.25, 0.3) is 5.91 Å². The molecule has 0 saturated carbocycles. The Morgan fingerprint density at radius 3 is 2.56 bits per heavy atom. The van der Waals surface area contributed by atoms with E-state index in [1.807, 2.05) is 6.07 Å². The average molecular weight is 493 g/mol. The molecule has 0 aliphatic rings. The molecule has 3 heterocycles. The second-order valence-electron chi connectivity index (χ2n) is 7.60. The van der Waals surface area contributed by atoms with Crippen molar-refractivity contribution in [2.45, 2.75) is 4.90 Å². The number of aromatic amines is 1. The summed E-state index contributed by atoms with van der Waals surface area (Å²) in [5, 5.41) is 3.22. The quantitative estimate of drug-likeness (QED) is 0.348. The van der Waals surface area contributed by atoms with Crippen molar-refractivity contribution in [3.63, 3.8) is 0 Å². The molecule has 3 aromatic heterocycles. The highest BCUT2D eigenvalue weighted by molar-refractivity contribution is 7.90. The summed E-state index contributed by atoms with van der Waals surface area (Å²) in [7, 11) is -3.27. The molecule has 8 nitrogen and oxygen atoms in total. The van der Waals surface area contributed by atoms with Crippen LogP contribution < -0.4 is 5.32 Å². The van der Waals surface area contributed by atoms with Gasteiger partial charge in [0.2, 0.25) is 0 Å². The molecule has 0 radical (unpaired) electrons. The monoisotopic (exact) mass is 492 g/mol. The van der Waals surface area contributed by atoms with E-state index in [0.29, 0.717) is 33.3 Å². The molecular weight excluding hydrogens is 476 g/mol. The van der Waals surface area contributed by atoms with Gasteiger partial charge in [-0.25, -0.2) is 18.4 Å². The van der Waals surface area contributed by atoms with Gasteiger partial charge in [0.05, 0.1) is 21.7 Å². The fourth-order valence-corrected chi connectivity index (χ4v) is 4.30. The molecule has 0 aliphatic carbocycles. The summed E-state index contributed by atoms with van der Waals surface area (Å²) in [4.78, 5) is 24.7. The minimum atomic E-state index is -3.27. The summed E-state index contributed by atoms with van der Waals surface area (Å²) in [6.45, 7) is 0. The highest BCUT2D eigenvalue weighted by Gasteiger charge is 2.14. The predicted molar refractivity (Wildman–Crippen MR) is 130 cm³/mol. The first-order valence-corrected chi connectivity index (χ1v) is 12.4. The summed E-state index contributed by atoms with van der Waals surface area (Å²) in [6.07, 6.45) is 4.27. The van der Waals surface area contributed by atoms with Crippen molar-refractivity contribution in [3.05, 3.63) is 83.9 Å². The Kier molecular flexibility index (Phi) is 5.43. The summed E-state index contributed by atoms with van der Waals surface area (Å²) in [5.74, 6) is 0.309. The topological polar surface area (TPSA) is 118 Å². The smallest absolute Gasteiger partial charge is 0.291 e. The maximum Gasteiger partial charge on any atom is 0.291 e. The van der Waals surface area contributed by atoms with Gasteiger partial charge in [0.1, 0.15) is 5.82 Å². The summed E-state index contributed by atoms with van der Waals surface area (Å²) in [6, 6.07) is 16.8. The number of pyridine rings is 1. The molecule has 5 rings (SSSR count). The number of nitrogens with zero attached hydrogens (tertiary/aromatic N) is 2. The number of aromatic nitrogens is 3. The van der Waals surface area contributed by atoms with Crippen LogP contribution >= 0.6 is 11.6 Å². The highest BCUT2D eigenvalue weighted by Crippen LogP contribution is 2.31. The largest absolute Gasteiger partial charge is 0.459 e. The van der Waals surface area contributed by atoms with E-state index < -0.39 is 9.84 Å². The van der Waals surface area contributed by atoms with Gasteiger partial charge in [-0.1, -0.05) is 23.7 Å². The molecule has 1 amide bonds. The van der Waals surface area contributed by atoms with Crippen LogP contribution in [0.25, 0.3) is 33.7 Å². The number of fused-ring (bicyclic) bond motifs is 1. The number of furan rings is 1. The Labute approximate surface area is 199 Å². The van der Waals surface area contributed by atoms with Crippen LogP contribution in [-0.4, -0.2) is 35.5 Å². The third-order valence-corrected chi connectivity index (χ3v) is 6.64. The van der Waals surface area contributed by atoms with Gasteiger partial charge >= 0.3 is 0 Å². The van der Waals surface area contributed by atoms with Crippen molar-refractivity contribution in [1.29, 1.82) is 0 Å². The number of sulfone groups is 1. The van der Waals surface area contributed by atoms with Crippen LogP contribution in [0.3, 0.4) is 0 Å². The van der Waals surface area contributed by atoms with Gasteiger partial charge in [-0.05, 0) is 54.1 Å². The van der Waals surface area contributed by atoms with Gasteiger partial charge in [-0.15, -0.1) is 0 Å². The first kappa shape index (κ1) is 21.9. The van der Waals surface area contributed by atoms with Crippen LogP contribution in [0.4, 0.5) is 5.69 Å². The van der Waals surface area contributed by atoms with Crippen molar-refractivity contribution in [1.82, 2.24) is 15.0 Å². The second-order valence-corrected chi connectivity index (χ2v) is 10.0. The standard InChI is InChI=1S/C24H17ClN4O4S/c1-34(31,32)17-7-4-14(5-8-17)15-11-20-23(26-13-15)29-22(28-20)18-12-16(6-9-19(18)25)27-24(30)21-3-2-10-33-21/h2-13H,1H3,(H,27,30)(H,26,28,29). The Morgan fingerprint density at radius 1 is 1.06 bits per heavy atom. The fraction of sp³-hybridized carbons (Fsp3) is 0.0417. The van der Waals surface area contributed by atoms with Crippen LogP contribution in [0.15, 0.2) is 82.4 Å². The number of imidazole rings is 1. The third-order valence-electron chi connectivity index (χ3n) is 5.18.